The first-order valence-corrected chi connectivity index (χ1v) is 8.97. The Bertz CT molecular complexity index is 770. The van der Waals surface area contributed by atoms with Gasteiger partial charge in [0, 0.05) is 18.9 Å². The largest absolute Gasteiger partial charge is 0.462 e. The number of Topliss-reactive ketones (excluding diaryl/α,β-unsaturated/α-hetero) is 2. The van der Waals surface area contributed by atoms with Gasteiger partial charge in [-0.3, -0.25) is 19.7 Å². The molecular weight excluding hydrogens is 406 g/mol. The molecule has 0 amide bonds. The van der Waals surface area contributed by atoms with Crippen LogP contribution in [0.15, 0.2) is 34.8 Å². The van der Waals surface area contributed by atoms with Crippen molar-refractivity contribution >= 4 is 39.2 Å². The van der Waals surface area contributed by atoms with Gasteiger partial charge in [-0.1, -0.05) is 24.3 Å². The van der Waals surface area contributed by atoms with Crippen LogP contribution in [0.25, 0.3) is 0 Å². The van der Waals surface area contributed by atoms with Crippen molar-refractivity contribution in [3.05, 3.63) is 50.5 Å². The molecule has 7 nitrogen and oxygen atoms in total. The zero-order valence-corrected chi connectivity index (χ0v) is 15.8. The Hall–Kier alpha value is -2.35. The van der Waals surface area contributed by atoms with E-state index < -0.39 is 16.3 Å². The van der Waals surface area contributed by atoms with Crippen LogP contribution >= 0.6 is 15.9 Å². The highest BCUT2D eigenvalue weighted by atomic mass is 79.9. The molecule has 0 spiro atoms. The molecule has 0 N–H and O–H groups in total. The minimum Gasteiger partial charge on any atom is -0.462 e. The van der Waals surface area contributed by atoms with Crippen LogP contribution < -0.4 is 0 Å². The summed E-state index contributed by atoms with van der Waals surface area (Å²) in [4.78, 5) is 48.2. The third-order valence-corrected chi connectivity index (χ3v) is 5.03. The fourth-order valence-corrected chi connectivity index (χ4v) is 3.43. The number of carbonyl (C=O) groups is 3. The summed E-state index contributed by atoms with van der Waals surface area (Å²) in [5.74, 6) is -1.37. The Morgan fingerprint density at radius 2 is 1.92 bits per heavy atom. The Balaban J connectivity index is 2.57. The first kappa shape index (κ1) is 20.0. The average molecular weight is 424 g/mol. The number of benzene rings is 1. The number of halogens is 1. The number of hydrogen-bond acceptors (Lipinski definition) is 6. The third kappa shape index (κ3) is 3.75. The number of nitrogens with zero attached hydrogens (tertiary/aromatic N) is 1. The zero-order chi connectivity index (χ0) is 19.3. The Labute approximate surface area is 158 Å². The molecule has 1 fully saturated rings. The molecule has 2 rings (SSSR count). The van der Waals surface area contributed by atoms with Crippen molar-refractivity contribution in [3.8, 4) is 0 Å². The number of para-hydroxylation sites is 1. The Morgan fingerprint density at radius 3 is 2.50 bits per heavy atom. The predicted octanol–water partition coefficient (Wildman–Crippen LogP) is 3.39. The van der Waals surface area contributed by atoms with Gasteiger partial charge in [0.25, 0.3) is 5.69 Å². The summed E-state index contributed by atoms with van der Waals surface area (Å²) in [6.07, 6.45) is 1.97. The molecule has 0 unspecified atom stereocenters. The summed E-state index contributed by atoms with van der Waals surface area (Å²) < 4.78 is 4.94. The van der Waals surface area contributed by atoms with Gasteiger partial charge in [-0.15, -0.1) is 0 Å². The number of esters is 1. The monoisotopic (exact) mass is 423 g/mol. The van der Waals surface area contributed by atoms with Crippen LogP contribution in [0.2, 0.25) is 0 Å². The van der Waals surface area contributed by atoms with Crippen LogP contribution in [0.1, 0.15) is 38.2 Å². The summed E-state index contributed by atoms with van der Waals surface area (Å²) in [6, 6.07) is 5.75. The van der Waals surface area contributed by atoms with Crippen LogP contribution in [-0.2, 0) is 24.5 Å². The molecule has 1 aromatic carbocycles. The van der Waals surface area contributed by atoms with Gasteiger partial charge in [0.15, 0.2) is 11.6 Å². The molecule has 1 aromatic rings. The van der Waals surface area contributed by atoms with Crippen LogP contribution in [0.3, 0.4) is 0 Å². The number of nitro groups is 1. The van der Waals surface area contributed by atoms with Crippen molar-refractivity contribution in [2.24, 2.45) is 0 Å². The molecule has 1 aliphatic carbocycles. The maximum atomic E-state index is 12.8. The molecule has 0 heterocycles. The number of nitro benzene ring substituents is 1. The smallest absolute Gasteiger partial charge is 0.344 e. The number of ketones is 2. The zero-order valence-electron chi connectivity index (χ0n) is 14.2. The van der Waals surface area contributed by atoms with E-state index in [4.69, 9.17) is 4.74 Å². The van der Waals surface area contributed by atoms with E-state index in [1.807, 2.05) is 0 Å². The molecule has 138 valence electrons. The highest BCUT2D eigenvalue weighted by Gasteiger charge is 2.50. The molecule has 1 aliphatic rings. The molecule has 0 bridgehead atoms. The van der Waals surface area contributed by atoms with E-state index in [0.29, 0.717) is 6.42 Å². The van der Waals surface area contributed by atoms with E-state index in [2.05, 4.69) is 15.9 Å². The Morgan fingerprint density at radius 1 is 1.31 bits per heavy atom. The van der Waals surface area contributed by atoms with Gasteiger partial charge in [0.1, 0.15) is 5.41 Å². The second kappa shape index (κ2) is 8.35. The second-order valence-electron chi connectivity index (χ2n) is 5.86. The normalized spacial score (nSPS) is 17.1. The highest BCUT2D eigenvalue weighted by Crippen LogP contribution is 2.42. The van der Waals surface area contributed by atoms with E-state index in [1.54, 1.807) is 13.0 Å². The number of hydrogen-bond donors (Lipinski definition) is 0. The second-order valence-corrected chi connectivity index (χ2v) is 6.71. The third-order valence-electron chi connectivity index (χ3n) is 4.38. The maximum absolute atomic E-state index is 12.8. The SMILES string of the molecule is CCOC(=O)/C(Br)=C/CC1(c2ccccc2[N+](=O)[O-])C(=O)CCCC1=O. The summed E-state index contributed by atoms with van der Waals surface area (Å²) in [5, 5.41) is 11.4. The average Bonchev–Trinajstić information content (AvgIpc) is 2.61. The fourth-order valence-electron chi connectivity index (χ4n) is 3.15. The summed E-state index contributed by atoms with van der Waals surface area (Å²) in [6.45, 7) is 1.83. The first-order valence-electron chi connectivity index (χ1n) is 8.17. The lowest BCUT2D eigenvalue weighted by Gasteiger charge is -2.33. The molecule has 0 saturated heterocycles. The van der Waals surface area contributed by atoms with Crippen molar-refractivity contribution < 1.29 is 24.0 Å². The van der Waals surface area contributed by atoms with E-state index in [1.165, 1.54) is 24.3 Å². The van der Waals surface area contributed by atoms with Crippen molar-refractivity contribution in [1.29, 1.82) is 0 Å². The molecule has 1 saturated carbocycles. The van der Waals surface area contributed by atoms with E-state index >= 15 is 0 Å². The Kier molecular flexibility index (Phi) is 6.42. The first-order chi connectivity index (χ1) is 12.3. The quantitative estimate of drug-likeness (QED) is 0.228. The minimum absolute atomic E-state index is 0.0695. The number of rotatable bonds is 6. The molecule has 0 atom stereocenters. The van der Waals surface area contributed by atoms with Gasteiger partial charge < -0.3 is 4.74 Å². The van der Waals surface area contributed by atoms with Crippen molar-refractivity contribution in [1.82, 2.24) is 0 Å². The standard InChI is InChI=1S/C18H18BrNO6/c1-2-26-17(23)13(19)10-11-18(15(21)8-5-9-16(18)22)12-6-3-4-7-14(12)20(24)25/h3-4,6-7,10H,2,5,8-9,11H2,1H3/b13-10-. The minimum atomic E-state index is -1.66. The fraction of sp³-hybridized carbons (Fsp3) is 0.389. The van der Waals surface area contributed by atoms with Gasteiger partial charge in [-0.05, 0) is 35.7 Å². The van der Waals surface area contributed by atoms with Crippen LogP contribution in [-0.4, -0.2) is 29.1 Å². The molecule has 0 aliphatic heterocycles. The molecule has 26 heavy (non-hydrogen) atoms. The number of ether oxygens (including phenoxy) is 1. The van der Waals surface area contributed by atoms with Gasteiger partial charge in [-0.25, -0.2) is 4.79 Å². The lowest BCUT2D eigenvalue weighted by atomic mass is 9.65. The molecule has 0 aromatic heterocycles. The van der Waals surface area contributed by atoms with Crippen molar-refractivity contribution in [2.45, 2.75) is 38.0 Å². The molecule has 8 heteroatoms. The van der Waals surface area contributed by atoms with Crippen molar-refractivity contribution in [3.63, 3.8) is 0 Å². The summed E-state index contributed by atoms with van der Waals surface area (Å²) in [7, 11) is 0. The topological polar surface area (TPSA) is 104 Å². The maximum Gasteiger partial charge on any atom is 0.344 e. The predicted molar refractivity (Wildman–Crippen MR) is 96.9 cm³/mol. The lowest BCUT2D eigenvalue weighted by Crippen LogP contribution is -2.46. The van der Waals surface area contributed by atoms with Crippen LogP contribution in [0.4, 0.5) is 5.69 Å². The van der Waals surface area contributed by atoms with Gasteiger partial charge in [-0.2, -0.15) is 0 Å². The highest BCUT2D eigenvalue weighted by molar-refractivity contribution is 9.12. The van der Waals surface area contributed by atoms with E-state index in [0.717, 1.165) is 0 Å². The van der Waals surface area contributed by atoms with E-state index in [9.17, 15) is 24.5 Å². The molecule has 0 radical (unpaired) electrons. The van der Waals surface area contributed by atoms with Crippen LogP contribution in [0, 0.1) is 10.1 Å². The number of carbonyl (C=O) groups excluding carboxylic acids is 3. The van der Waals surface area contributed by atoms with E-state index in [-0.39, 0.29) is 53.2 Å². The summed E-state index contributed by atoms with van der Waals surface area (Å²) in [5.41, 5.74) is -1.87. The van der Waals surface area contributed by atoms with Crippen LogP contribution in [0.5, 0.6) is 0 Å². The lowest BCUT2D eigenvalue weighted by molar-refractivity contribution is -0.385. The van der Waals surface area contributed by atoms with Gasteiger partial charge >= 0.3 is 5.97 Å². The summed E-state index contributed by atoms with van der Waals surface area (Å²) >= 11 is 3.09. The molecular formula is C18H18BrNO6. The van der Waals surface area contributed by atoms with Gasteiger partial charge in [0.2, 0.25) is 0 Å². The number of allylic oxidation sites excluding steroid dienone is 1. The van der Waals surface area contributed by atoms with Gasteiger partial charge in [0.05, 0.1) is 21.6 Å². The van der Waals surface area contributed by atoms with Crippen molar-refractivity contribution in [2.75, 3.05) is 6.61 Å².